The molecular weight excluding hydrogens is 294 g/mol. The van der Waals surface area contributed by atoms with Gasteiger partial charge >= 0.3 is 0 Å². The molecule has 2 nitrogen and oxygen atoms in total. The van der Waals surface area contributed by atoms with Crippen molar-refractivity contribution in [2.75, 3.05) is 0 Å². The fourth-order valence-electron chi connectivity index (χ4n) is 4.75. The third-order valence-electron chi connectivity index (χ3n) is 6.05. The summed E-state index contributed by atoms with van der Waals surface area (Å²) in [5.74, 6) is 2.50. The number of fused-ring (bicyclic) bond motifs is 2. The van der Waals surface area contributed by atoms with Gasteiger partial charge in [-0.05, 0) is 67.2 Å². The van der Waals surface area contributed by atoms with E-state index in [4.69, 9.17) is 0 Å². The van der Waals surface area contributed by atoms with Crippen LogP contribution in [0.2, 0.25) is 0 Å². The summed E-state index contributed by atoms with van der Waals surface area (Å²) in [6.07, 6.45) is 5.46. The summed E-state index contributed by atoms with van der Waals surface area (Å²) in [4.78, 5) is 12.6. The molecule has 1 amide bonds. The number of nitrogens with one attached hydrogen (secondary N) is 1. The van der Waals surface area contributed by atoms with Crippen molar-refractivity contribution in [1.82, 2.24) is 5.32 Å². The van der Waals surface area contributed by atoms with Gasteiger partial charge in [0.1, 0.15) is 0 Å². The molecule has 2 aliphatic rings. The van der Waals surface area contributed by atoms with E-state index in [0.717, 1.165) is 23.0 Å². The lowest BCUT2D eigenvalue weighted by Crippen LogP contribution is -2.40. The lowest BCUT2D eigenvalue weighted by molar-refractivity contribution is 0.0915. The van der Waals surface area contributed by atoms with Gasteiger partial charge in [0.05, 0.1) is 0 Å². The molecule has 0 radical (unpaired) electrons. The van der Waals surface area contributed by atoms with Crippen LogP contribution in [0.4, 0.5) is 0 Å². The zero-order valence-electron chi connectivity index (χ0n) is 14.2. The lowest BCUT2D eigenvalue weighted by Gasteiger charge is -2.28. The van der Waals surface area contributed by atoms with Crippen molar-refractivity contribution in [2.45, 2.75) is 38.6 Å². The minimum absolute atomic E-state index is 0.0601. The van der Waals surface area contributed by atoms with Gasteiger partial charge in [-0.1, -0.05) is 48.9 Å². The molecule has 0 aliphatic heterocycles. The minimum atomic E-state index is 0.0601. The zero-order valence-corrected chi connectivity index (χ0v) is 14.2. The van der Waals surface area contributed by atoms with E-state index >= 15 is 0 Å². The summed E-state index contributed by atoms with van der Waals surface area (Å²) in [5, 5.41) is 3.24. The highest BCUT2D eigenvalue weighted by atomic mass is 16.1. The average molecular weight is 319 g/mol. The minimum Gasteiger partial charge on any atom is -0.349 e. The Morgan fingerprint density at radius 3 is 2.29 bits per heavy atom. The Hall–Kier alpha value is -2.09. The molecule has 0 unspecified atom stereocenters. The molecule has 4 rings (SSSR count). The quantitative estimate of drug-likeness (QED) is 0.852. The van der Waals surface area contributed by atoms with Crippen LogP contribution >= 0.6 is 0 Å². The maximum absolute atomic E-state index is 12.6. The van der Waals surface area contributed by atoms with E-state index in [1.165, 1.54) is 31.2 Å². The molecule has 2 bridgehead atoms. The number of hydrogen-bond acceptors (Lipinski definition) is 1. The molecule has 2 aromatic carbocycles. The first-order valence-corrected chi connectivity index (χ1v) is 9.17. The second-order valence-corrected chi connectivity index (χ2v) is 7.54. The molecule has 2 fully saturated rings. The summed E-state index contributed by atoms with van der Waals surface area (Å²) in [6, 6.07) is 18.5. The van der Waals surface area contributed by atoms with Gasteiger partial charge in [0.15, 0.2) is 0 Å². The van der Waals surface area contributed by atoms with Crippen LogP contribution in [0.1, 0.15) is 43.0 Å². The predicted molar refractivity (Wildman–Crippen MR) is 97.7 cm³/mol. The average Bonchev–Trinajstić information content (AvgIpc) is 3.26. The molecule has 0 heterocycles. The van der Waals surface area contributed by atoms with Crippen molar-refractivity contribution in [3.8, 4) is 11.1 Å². The van der Waals surface area contributed by atoms with Crippen molar-refractivity contribution in [3.63, 3.8) is 0 Å². The summed E-state index contributed by atoms with van der Waals surface area (Å²) in [6.45, 7) is 2.18. The fraction of sp³-hybridized carbons (Fsp3) is 0.409. The molecule has 2 saturated carbocycles. The highest BCUT2D eigenvalue weighted by Crippen LogP contribution is 2.49. The summed E-state index contributed by atoms with van der Waals surface area (Å²) >= 11 is 0. The fourth-order valence-corrected chi connectivity index (χ4v) is 4.75. The Labute approximate surface area is 144 Å². The van der Waals surface area contributed by atoms with E-state index in [1.54, 1.807) is 0 Å². The number of rotatable bonds is 4. The number of benzene rings is 2. The van der Waals surface area contributed by atoms with E-state index in [0.29, 0.717) is 5.92 Å². The van der Waals surface area contributed by atoms with Crippen molar-refractivity contribution in [2.24, 2.45) is 17.8 Å². The zero-order chi connectivity index (χ0) is 16.5. The van der Waals surface area contributed by atoms with Gasteiger partial charge in [-0.15, -0.1) is 0 Å². The number of carbonyl (C=O) groups excluding carboxylic acids is 1. The number of hydrogen-bond donors (Lipinski definition) is 1. The molecule has 2 aromatic rings. The van der Waals surface area contributed by atoms with Crippen LogP contribution in [0.3, 0.4) is 0 Å². The Bertz CT molecular complexity index is 707. The molecule has 2 heteroatoms. The topological polar surface area (TPSA) is 29.1 Å². The van der Waals surface area contributed by atoms with Crippen molar-refractivity contribution >= 4 is 5.91 Å². The van der Waals surface area contributed by atoms with Crippen LogP contribution < -0.4 is 5.32 Å². The molecule has 0 aromatic heterocycles. The maximum atomic E-state index is 12.6. The van der Waals surface area contributed by atoms with Gasteiger partial charge < -0.3 is 5.32 Å². The van der Waals surface area contributed by atoms with Gasteiger partial charge in [-0.3, -0.25) is 4.79 Å². The van der Waals surface area contributed by atoms with E-state index in [1.807, 2.05) is 42.5 Å². The third kappa shape index (κ3) is 2.98. The summed E-state index contributed by atoms with van der Waals surface area (Å²) in [5.41, 5.74) is 3.08. The second-order valence-electron chi connectivity index (χ2n) is 7.54. The van der Waals surface area contributed by atoms with Crippen molar-refractivity contribution in [3.05, 3.63) is 60.2 Å². The maximum Gasteiger partial charge on any atom is 0.251 e. The summed E-state index contributed by atoms with van der Waals surface area (Å²) < 4.78 is 0. The molecule has 1 N–H and O–H groups in total. The lowest BCUT2D eigenvalue weighted by atomic mass is 9.84. The molecule has 124 valence electrons. The Balaban J connectivity index is 1.41. The first-order chi connectivity index (χ1) is 11.7. The molecule has 2 aliphatic carbocycles. The Morgan fingerprint density at radius 1 is 0.958 bits per heavy atom. The number of amides is 1. The Morgan fingerprint density at radius 2 is 1.67 bits per heavy atom. The van der Waals surface area contributed by atoms with E-state index in [-0.39, 0.29) is 11.9 Å². The monoisotopic (exact) mass is 319 g/mol. The first-order valence-electron chi connectivity index (χ1n) is 9.17. The van der Waals surface area contributed by atoms with Gasteiger partial charge in [-0.25, -0.2) is 0 Å². The predicted octanol–water partition coefficient (Wildman–Crippen LogP) is 4.91. The van der Waals surface area contributed by atoms with E-state index < -0.39 is 0 Å². The van der Waals surface area contributed by atoms with E-state index in [9.17, 15) is 4.79 Å². The first kappa shape index (κ1) is 15.4. The van der Waals surface area contributed by atoms with Gasteiger partial charge in [0.2, 0.25) is 0 Å². The van der Waals surface area contributed by atoms with Gasteiger partial charge in [-0.2, -0.15) is 0 Å². The van der Waals surface area contributed by atoms with Crippen LogP contribution in [-0.2, 0) is 0 Å². The standard InChI is InChI=1S/C22H25NO/c1-15(21-14-16-7-8-20(21)13-16)23-22(24)19-11-9-18(10-12-19)17-5-3-2-4-6-17/h2-6,9-12,15-16,20-21H,7-8,13-14H2,1H3,(H,23,24)/t15-,16+,20+,21+/m1/s1. The van der Waals surface area contributed by atoms with Crippen molar-refractivity contribution in [1.29, 1.82) is 0 Å². The van der Waals surface area contributed by atoms with Crippen LogP contribution in [0.15, 0.2) is 54.6 Å². The molecule has 0 spiro atoms. The highest BCUT2D eigenvalue weighted by Gasteiger charge is 2.42. The second kappa shape index (κ2) is 6.43. The largest absolute Gasteiger partial charge is 0.349 e. The number of carbonyl (C=O) groups is 1. The molecular formula is C22H25NO. The smallest absolute Gasteiger partial charge is 0.251 e. The third-order valence-corrected chi connectivity index (χ3v) is 6.05. The normalized spacial score (nSPS) is 26.3. The molecule has 4 atom stereocenters. The Kier molecular flexibility index (Phi) is 4.13. The van der Waals surface area contributed by atoms with Crippen molar-refractivity contribution < 1.29 is 4.79 Å². The molecule has 0 saturated heterocycles. The van der Waals surface area contributed by atoms with Gasteiger partial charge in [0.25, 0.3) is 5.91 Å². The van der Waals surface area contributed by atoms with E-state index in [2.05, 4.69) is 24.4 Å². The van der Waals surface area contributed by atoms with Crippen LogP contribution in [0.5, 0.6) is 0 Å². The van der Waals surface area contributed by atoms with Gasteiger partial charge in [0, 0.05) is 11.6 Å². The van der Waals surface area contributed by atoms with Crippen LogP contribution in [0.25, 0.3) is 11.1 Å². The SMILES string of the molecule is C[C@@H](NC(=O)c1ccc(-c2ccccc2)cc1)[C@@H]1C[C@H]2CC[C@H]1C2. The highest BCUT2D eigenvalue weighted by molar-refractivity contribution is 5.94. The summed E-state index contributed by atoms with van der Waals surface area (Å²) in [7, 11) is 0. The molecule has 24 heavy (non-hydrogen) atoms. The van der Waals surface area contributed by atoms with Crippen LogP contribution in [0, 0.1) is 17.8 Å². The van der Waals surface area contributed by atoms with Crippen LogP contribution in [-0.4, -0.2) is 11.9 Å².